The Morgan fingerprint density at radius 1 is 1.26 bits per heavy atom. The topological polar surface area (TPSA) is 54.0 Å². The van der Waals surface area contributed by atoms with Crippen molar-refractivity contribution in [3.63, 3.8) is 0 Å². The van der Waals surface area contributed by atoms with Crippen molar-refractivity contribution in [2.24, 2.45) is 5.41 Å². The number of benzene rings is 1. The predicted molar refractivity (Wildman–Crippen MR) is 116 cm³/mol. The smallest absolute Gasteiger partial charge is 0.252 e. The third-order valence-electron chi connectivity index (χ3n) is 5.52. The van der Waals surface area contributed by atoms with Gasteiger partial charge in [-0.3, -0.25) is 9.78 Å². The van der Waals surface area contributed by atoms with Crippen LogP contribution in [-0.4, -0.2) is 30.5 Å². The second kappa shape index (κ2) is 8.95. The number of aromatic nitrogens is 1. The van der Waals surface area contributed by atoms with Crippen LogP contribution in [0.5, 0.6) is 0 Å². The second-order valence-corrected chi connectivity index (χ2v) is 8.21. The molecule has 1 aliphatic carbocycles. The lowest BCUT2D eigenvalue weighted by Crippen LogP contribution is -2.42. The molecular formula is C20H26Cl3N3O. The number of rotatable bonds is 4. The van der Waals surface area contributed by atoms with Crippen molar-refractivity contribution in [2.75, 3.05) is 19.6 Å². The molecular weight excluding hydrogens is 405 g/mol. The van der Waals surface area contributed by atoms with E-state index in [0.29, 0.717) is 23.0 Å². The number of hydrogen-bond acceptors (Lipinski definition) is 3. The van der Waals surface area contributed by atoms with Gasteiger partial charge in [0.1, 0.15) is 0 Å². The van der Waals surface area contributed by atoms with Gasteiger partial charge in [-0.15, -0.1) is 24.8 Å². The van der Waals surface area contributed by atoms with Crippen LogP contribution in [0.4, 0.5) is 0 Å². The summed E-state index contributed by atoms with van der Waals surface area (Å²) in [5, 5.41) is 8.02. The number of nitrogens with zero attached hydrogens (tertiary/aromatic N) is 1. The summed E-state index contributed by atoms with van der Waals surface area (Å²) in [4.78, 5) is 17.7. The summed E-state index contributed by atoms with van der Waals surface area (Å²) in [6.07, 6.45) is 4.50. The number of nitrogens with one attached hydrogen (secondary N) is 2. The summed E-state index contributed by atoms with van der Waals surface area (Å²) >= 11 is 6.16. The zero-order chi connectivity index (χ0) is 17.4. The first kappa shape index (κ1) is 22.2. The molecule has 2 aromatic rings. The van der Waals surface area contributed by atoms with Crippen molar-refractivity contribution < 1.29 is 4.79 Å². The van der Waals surface area contributed by atoms with Crippen LogP contribution in [0.1, 0.15) is 54.6 Å². The van der Waals surface area contributed by atoms with Gasteiger partial charge in [-0.1, -0.05) is 18.5 Å². The Morgan fingerprint density at radius 3 is 2.63 bits per heavy atom. The Labute approximate surface area is 177 Å². The van der Waals surface area contributed by atoms with Crippen molar-refractivity contribution >= 4 is 53.2 Å². The molecule has 4 rings (SSSR count). The molecule has 1 amide bonds. The summed E-state index contributed by atoms with van der Waals surface area (Å²) in [6, 6.07) is 7.57. The van der Waals surface area contributed by atoms with E-state index in [9.17, 15) is 4.79 Å². The Balaban J connectivity index is 0.00000131. The molecule has 148 valence electrons. The fourth-order valence-corrected chi connectivity index (χ4v) is 3.76. The van der Waals surface area contributed by atoms with Crippen molar-refractivity contribution in [1.82, 2.24) is 15.6 Å². The molecule has 0 bridgehead atoms. The summed E-state index contributed by atoms with van der Waals surface area (Å²) < 4.78 is 0. The highest BCUT2D eigenvalue weighted by atomic mass is 35.5. The first-order valence-electron chi connectivity index (χ1n) is 9.13. The molecule has 2 N–H and O–H groups in total. The maximum atomic E-state index is 13.0. The van der Waals surface area contributed by atoms with Gasteiger partial charge < -0.3 is 10.6 Å². The Hall–Kier alpha value is -1.07. The number of piperidine rings is 1. The maximum absolute atomic E-state index is 13.0. The van der Waals surface area contributed by atoms with Gasteiger partial charge in [-0.25, -0.2) is 0 Å². The van der Waals surface area contributed by atoms with E-state index >= 15 is 0 Å². The highest BCUT2D eigenvalue weighted by Crippen LogP contribution is 2.40. The van der Waals surface area contributed by atoms with Crippen LogP contribution >= 0.6 is 36.4 Å². The standard InChI is InChI=1S/C20H24ClN3O.2ClH/c1-20(6-8-22-9-7-20)12-23-19(25)16-11-18(13-2-3-13)24-17-5-4-14(21)10-15(16)17;;/h4-5,10-11,13,22H,2-3,6-9,12H2,1H3,(H,23,25);2*1H. The van der Waals surface area contributed by atoms with Crippen LogP contribution in [-0.2, 0) is 0 Å². The molecule has 1 aromatic carbocycles. The summed E-state index contributed by atoms with van der Waals surface area (Å²) in [5.74, 6) is 0.491. The molecule has 0 radical (unpaired) electrons. The number of carbonyl (C=O) groups is 1. The quantitative estimate of drug-likeness (QED) is 0.737. The summed E-state index contributed by atoms with van der Waals surface area (Å²) in [6.45, 7) is 5.00. The predicted octanol–water partition coefficient (Wildman–Crippen LogP) is 4.73. The van der Waals surface area contributed by atoms with Crippen LogP contribution < -0.4 is 10.6 Å². The van der Waals surface area contributed by atoms with Gasteiger partial charge in [0, 0.05) is 28.6 Å². The van der Waals surface area contributed by atoms with Crippen molar-refractivity contribution in [2.45, 2.75) is 38.5 Å². The van der Waals surface area contributed by atoms with Gasteiger partial charge in [-0.2, -0.15) is 0 Å². The molecule has 4 nitrogen and oxygen atoms in total. The average molecular weight is 431 g/mol. The molecule has 27 heavy (non-hydrogen) atoms. The van der Waals surface area contributed by atoms with E-state index in [1.54, 1.807) is 0 Å². The third kappa shape index (κ3) is 5.05. The zero-order valence-corrected chi connectivity index (χ0v) is 17.8. The lowest BCUT2D eigenvalue weighted by atomic mass is 9.81. The highest BCUT2D eigenvalue weighted by Gasteiger charge is 2.29. The Kier molecular flexibility index (Phi) is 7.37. The number of amides is 1. The van der Waals surface area contributed by atoms with Crippen LogP contribution in [0.25, 0.3) is 10.9 Å². The van der Waals surface area contributed by atoms with Gasteiger partial charge in [0.05, 0.1) is 11.1 Å². The SMILES string of the molecule is CC1(CNC(=O)c2cc(C3CC3)nc3ccc(Cl)cc23)CCNCC1.Cl.Cl. The van der Waals surface area contributed by atoms with Gasteiger partial charge in [0.15, 0.2) is 0 Å². The molecule has 0 unspecified atom stereocenters. The lowest BCUT2D eigenvalue weighted by molar-refractivity contribution is 0.0924. The minimum absolute atomic E-state index is 0. The molecule has 2 heterocycles. The van der Waals surface area contributed by atoms with Crippen LogP contribution in [0, 0.1) is 5.41 Å². The van der Waals surface area contributed by atoms with Crippen molar-refractivity contribution in [3.8, 4) is 0 Å². The number of hydrogen-bond donors (Lipinski definition) is 2. The van der Waals surface area contributed by atoms with Crippen molar-refractivity contribution in [1.29, 1.82) is 0 Å². The number of carbonyl (C=O) groups excluding carboxylic acids is 1. The van der Waals surface area contributed by atoms with Crippen LogP contribution in [0.3, 0.4) is 0 Å². The third-order valence-corrected chi connectivity index (χ3v) is 5.75. The Morgan fingerprint density at radius 2 is 1.96 bits per heavy atom. The van der Waals surface area contributed by atoms with Crippen LogP contribution in [0.15, 0.2) is 24.3 Å². The minimum Gasteiger partial charge on any atom is -0.351 e. The second-order valence-electron chi connectivity index (χ2n) is 7.77. The fourth-order valence-electron chi connectivity index (χ4n) is 3.59. The van der Waals surface area contributed by atoms with E-state index in [2.05, 4.69) is 17.6 Å². The average Bonchev–Trinajstić information content (AvgIpc) is 3.45. The van der Waals surface area contributed by atoms with E-state index in [0.717, 1.165) is 55.4 Å². The van der Waals surface area contributed by atoms with E-state index in [1.807, 2.05) is 24.3 Å². The fraction of sp³-hybridized carbons (Fsp3) is 0.500. The molecule has 2 aliphatic rings. The Bertz CT molecular complexity index is 817. The summed E-state index contributed by atoms with van der Waals surface area (Å²) in [5.41, 5.74) is 2.76. The van der Waals surface area contributed by atoms with Crippen molar-refractivity contribution in [3.05, 3.63) is 40.5 Å². The molecule has 1 saturated carbocycles. The van der Waals surface area contributed by atoms with E-state index < -0.39 is 0 Å². The first-order valence-corrected chi connectivity index (χ1v) is 9.51. The lowest BCUT2D eigenvalue weighted by Gasteiger charge is -2.34. The molecule has 2 fully saturated rings. The number of halogens is 3. The molecule has 0 atom stereocenters. The minimum atomic E-state index is -0.0173. The van der Waals surface area contributed by atoms with Gasteiger partial charge in [0.25, 0.3) is 5.91 Å². The number of pyridine rings is 1. The molecule has 1 aliphatic heterocycles. The monoisotopic (exact) mass is 429 g/mol. The van der Waals surface area contributed by atoms with Crippen LogP contribution in [0.2, 0.25) is 5.02 Å². The molecule has 7 heteroatoms. The zero-order valence-electron chi connectivity index (χ0n) is 15.4. The largest absolute Gasteiger partial charge is 0.351 e. The van der Waals surface area contributed by atoms with Gasteiger partial charge in [0.2, 0.25) is 0 Å². The van der Waals surface area contributed by atoms with Gasteiger partial charge in [-0.05, 0) is 68.5 Å². The normalized spacial score (nSPS) is 18.3. The van der Waals surface area contributed by atoms with E-state index in [4.69, 9.17) is 16.6 Å². The number of fused-ring (bicyclic) bond motifs is 1. The highest BCUT2D eigenvalue weighted by molar-refractivity contribution is 6.31. The van der Waals surface area contributed by atoms with E-state index in [1.165, 1.54) is 0 Å². The first-order chi connectivity index (χ1) is 12.0. The van der Waals surface area contributed by atoms with Gasteiger partial charge >= 0.3 is 0 Å². The maximum Gasteiger partial charge on any atom is 0.252 e. The van der Waals surface area contributed by atoms with E-state index in [-0.39, 0.29) is 36.1 Å². The summed E-state index contributed by atoms with van der Waals surface area (Å²) in [7, 11) is 0. The molecule has 0 spiro atoms. The molecule has 1 aromatic heterocycles. The molecule has 1 saturated heterocycles.